The lowest BCUT2D eigenvalue weighted by atomic mass is 10.2. The van der Waals surface area contributed by atoms with E-state index in [9.17, 15) is 23.3 Å². The van der Waals surface area contributed by atoms with Gasteiger partial charge < -0.3 is 4.74 Å². The van der Waals surface area contributed by atoms with E-state index >= 15 is 0 Å². The van der Waals surface area contributed by atoms with Crippen LogP contribution in [0.25, 0.3) is 0 Å². The minimum absolute atomic E-state index is 0.239. The molecule has 104 valence electrons. The Hall–Kier alpha value is -2.64. The molecule has 0 aliphatic heterocycles. The second-order valence-corrected chi connectivity index (χ2v) is 3.72. The van der Waals surface area contributed by atoms with Gasteiger partial charge in [0.25, 0.3) is 0 Å². The summed E-state index contributed by atoms with van der Waals surface area (Å²) < 4.78 is 42.7. The molecule has 1 aromatic heterocycles. The number of nitro benzene ring substituents is 1. The highest BCUT2D eigenvalue weighted by Gasteiger charge is 2.33. The van der Waals surface area contributed by atoms with Crippen molar-refractivity contribution >= 4 is 5.69 Å². The largest absolute Gasteiger partial charge is 0.450 e. The Kier molecular flexibility index (Phi) is 3.55. The molecule has 1 aromatic carbocycles. The first-order chi connectivity index (χ1) is 9.38. The summed E-state index contributed by atoms with van der Waals surface area (Å²) in [6.45, 7) is 0. The fraction of sp³-hybridized carbons (Fsp3) is 0.0833. The summed E-state index contributed by atoms with van der Waals surface area (Å²) in [7, 11) is 0. The summed E-state index contributed by atoms with van der Waals surface area (Å²) >= 11 is 0. The van der Waals surface area contributed by atoms with Crippen molar-refractivity contribution in [1.29, 1.82) is 0 Å². The number of pyridine rings is 1. The van der Waals surface area contributed by atoms with E-state index in [4.69, 9.17) is 4.74 Å². The van der Waals surface area contributed by atoms with Crippen molar-refractivity contribution in [2.45, 2.75) is 6.18 Å². The maximum atomic E-state index is 12.5. The average Bonchev–Trinajstić information content (AvgIpc) is 2.38. The molecule has 0 radical (unpaired) electrons. The molecule has 1 heterocycles. The van der Waals surface area contributed by atoms with Gasteiger partial charge in [-0.05, 0) is 24.3 Å². The van der Waals surface area contributed by atoms with Gasteiger partial charge in [0.15, 0.2) is 0 Å². The standard InChI is InChI=1S/C12H7F3N2O3/c13-12(14,15)8-1-2-11(10(7-8)17(18)19)20-9-3-5-16-6-4-9/h1-7H. The topological polar surface area (TPSA) is 65.3 Å². The van der Waals surface area contributed by atoms with Gasteiger partial charge in [-0.1, -0.05) is 0 Å². The lowest BCUT2D eigenvalue weighted by molar-refractivity contribution is -0.385. The van der Waals surface area contributed by atoms with Crippen molar-refractivity contribution < 1.29 is 22.8 Å². The zero-order valence-electron chi connectivity index (χ0n) is 9.79. The molecule has 0 atom stereocenters. The summed E-state index contributed by atoms with van der Waals surface area (Å²) in [5.74, 6) is -0.0305. The molecule has 20 heavy (non-hydrogen) atoms. The van der Waals surface area contributed by atoms with Crippen molar-refractivity contribution in [3.05, 3.63) is 58.4 Å². The van der Waals surface area contributed by atoms with E-state index in [1.807, 2.05) is 0 Å². The molecule has 0 saturated carbocycles. The molecule has 5 nitrogen and oxygen atoms in total. The Morgan fingerprint density at radius 2 is 1.80 bits per heavy atom. The number of benzene rings is 1. The number of rotatable bonds is 3. The summed E-state index contributed by atoms with van der Waals surface area (Å²) in [6, 6.07) is 4.95. The lowest BCUT2D eigenvalue weighted by Crippen LogP contribution is -2.06. The molecule has 0 aliphatic carbocycles. The van der Waals surface area contributed by atoms with E-state index in [2.05, 4.69) is 4.98 Å². The summed E-state index contributed by atoms with van der Waals surface area (Å²) in [6.07, 6.45) is -1.86. The molecule has 0 unspecified atom stereocenters. The predicted octanol–water partition coefficient (Wildman–Crippen LogP) is 3.80. The number of halogens is 3. The highest BCUT2D eigenvalue weighted by Crippen LogP contribution is 2.37. The number of nitro groups is 1. The Balaban J connectivity index is 2.41. The van der Waals surface area contributed by atoms with Crippen molar-refractivity contribution in [3.8, 4) is 11.5 Å². The zero-order valence-corrected chi connectivity index (χ0v) is 9.79. The molecule has 0 amide bonds. The molecule has 2 aromatic rings. The van der Waals surface area contributed by atoms with Gasteiger partial charge in [-0.2, -0.15) is 13.2 Å². The van der Waals surface area contributed by atoms with Crippen LogP contribution in [0.1, 0.15) is 5.56 Å². The van der Waals surface area contributed by atoms with E-state index in [1.165, 1.54) is 24.5 Å². The predicted molar refractivity (Wildman–Crippen MR) is 62.4 cm³/mol. The van der Waals surface area contributed by atoms with Crippen LogP contribution < -0.4 is 4.74 Å². The normalized spacial score (nSPS) is 11.2. The Labute approximate surface area is 110 Å². The summed E-state index contributed by atoms with van der Waals surface area (Å²) in [4.78, 5) is 13.6. The van der Waals surface area contributed by atoms with Gasteiger partial charge in [-0.3, -0.25) is 15.1 Å². The Morgan fingerprint density at radius 3 is 2.35 bits per heavy atom. The first kappa shape index (κ1) is 13.8. The van der Waals surface area contributed by atoms with Crippen molar-refractivity contribution in [2.75, 3.05) is 0 Å². The van der Waals surface area contributed by atoms with E-state index < -0.39 is 22.4 Å². The van der Waals surface area contributed by atoms with E-state index in [0.29, 0.717) is 6.07 Å². The van der Waals surface area contributed by atoms with Gasteiger partial charge in [0.05, 0.1) is 10.5 Å². The van der Waals surface area contributed by atoms with Crippen molar-refractivity contribution in [2.24, 2.45) is 0 Å². The summed E-state index contributed by atoms with van der Waals surface area (Å²) in [5.41, 5.74) is -1.86. The molecule has 0 spiro atoms. The SMILES string of the molecule is O=[N+]([O-])c1cc(C(F)(F)F)ccc1Oc1ccncc1. The monoisotopic (exact) mass is 284 g/mol. The van der Waals surface area contributed by atoms with Crippen LogP contribution in [0.4, 0.5) is 18.9 Å². The van der Waals surface area contributed by atoms with Gasteiger partial charge >= 0.3 is 11.9 Å². The van der Waals surface area contributed by atoms with Gasteiger partial charge in [0, 0.05) is 18.5 Å². The average molecular weight is 284 g/mol. The van der Waals surface area contributed by atoms with E-state index in [0.717, 1.165) is 12.1 Å². The molecule has 0 bridgehead atoms. The van der Waals surface area contributed by atoms with Crippen molar-refractivity contribution in [1.82, 2.24) is 4.98 Å². The minimum Gasteiger partial charge on any atom is -0.450 e. The van der Waals surface area contributed by atoms with Crippen LogP contribution in [0.2, 0.25) is 0 Å². The number of alkyl halides is 3. The quantitative estimate of drug-likeness (QED) is 0.635. The molecule has 8 heteroatoms. The van der Waals surface area contributed by atoms with Crippen LogP contribution in [0, 0.1) is 10.1 Å². The molecule has 0 fully saturated rings. The fourth-order valence-corrected chi connectivity index (χ4v) is 1.46. The maximum absolute atomic E-state index is 12.5. The maximum Gasteiger partial charge on any atom is 0.416 e. The molecule has 2 rings (SSSR count). The third kappa shape index (κ3) is 3.02. The first-order valence-electron chi connectivity index (χ1n) is 5.31. The van der Waals surface area contributed by atoms with Gasteiger partial charge in [-0.25, -0.2) is 0 Å². The van der Waals surface area contributed by atoms with Crippen LogP contribution in [-0.4, -0.2) is 9.91 Å². The Morgan fingerprint density at radius 1 is 1.15 bits per heavy atom. The fourth-order valence-electron chi connectivity index (χ4n) is 1.46. The first-order valence-corrected chi connectivity index (χ1v) is 5.31. The second kappa shape index (κ2) is 5.16. The number of ether oxygens (including phenoxy) is 1. The van der Waals surface area contributed by atoms with Gasteiger partial charge in [0.2, 0.25) is 5.75 Å². The number of nitrogens with zero attached hydrogens (tertiary/aromatic N) is 2. The van der Waals surface area contributed by atoms with Gasteiger partial charge in [-0.15, -0.1) is 0 Å². The summed E-state index contributed by atoms with van der Waals surface area (Å²) in [5, 5.41) is 10.8. The van der Waals surface area contributed by atoms with E-state index in [-0.39, 0.29) is 11.5 Å². The van der Waals surface area contributed by atoms with Crippen LogP contribution in [0.3, 0.4) is 0 Å². The Bertz CT molecular complexity index is 630. The molecule has 0 aliphatic rings. The minimum atomic E-state index is -4.65. The third-order valence-corrected chi connectivity index (χ3v) is 2.36. The molecular formula is C12H7F3N2O3. The number of hydrogen-bond donors (Lipinski definition) is 0. The number of aromatic nitrogens is 1. The van der Waals surface area contributed by atoms with Crippen molar-refractivity contribution in [3.63, 3.8) is 0 Å². The van der Waals surface area contributed by atoms with Gasteiger partial charge in [0.1, 0.15) is 5.75 Å². The molecule has 0 N–H and O–H groups in total. The molecular weight excluding hydrogens is 277 g/mol. The van der Waals surface area contributed by atoms with E-state index in [1.54, 1.807) is 0 Å². The second-order valence-electron chi connectivity index (χ2n) is 3.72. The van der Waals surface area contributed by atoms with Crippen LogP contribution in [0.5, 0.6) is 11.5 Å². The van der Waals surface area contributed by atoms with Crippen LogP contribution in [-0.2, 0) is 6.18 Å². The van der Waals surface area contributed by atoms with Crippen LogP contribution >= 0.6 is 0 Å². The lowest BCUT2D eigenvalue weighted by Gasteiger charge is -2.09. The molecule has 0 saturated heterocycles. The smallest absolute Gasteiger partial charge is 0.416 e. The third-order valence-electron chi connectivity index (χ3n) is 2.36. The zero-order chi connectivity index (χ0) is 14.8. The van der Waals surface area contributed by atoms with Crippen LogP contribution in [0.15, 0.2) is 42.7 Å². The highest BCUT2D eigenvalue weighted by molar-refractivity contribution is 5.51. The number of hydrogen-bond acceptors (Lipinski definition) is 4. The highest BCUT2D eigenvalue weighted by atomic mass is 19.4.